The second-order valence-electron chi connectivity index (χ2n) is 6.00. The Labute approximate surface area is 151 Å². The predicted molar refractivity (Wildman–Crippen MR) is 95.3 cm³/mol. The lowest BCUT2D eigenvalue weighted by Crippen LogP contribution is -2.28. The number of benzene rings is 1. The highest BCUT2D eigenvalue weighted by Crippen LogP contribution is 2.26. The van der Waals surface area contributed by atoms with Crippen molar-refractivity contribution in [2.24, 2.45) is 7.05 Å². The standard InChI is InChI=1S/C16H19ClN4O3S/c1-11-9-15(20(2)19-11)18-16(22)13-10-12(5-6-14(13)17)25(23,24)21-7-3-4-8-21/h5-6,9-10H,3-4,7-8H2,1-2H3,(H,18,22). The summed E-state index contributed by atoms with van der Waals surface area (Å²) >= 11 is 6.12. The van der Waals surface area contributed by atoms with Gasteiger partial charge in [-0.25, -0.2) is 8.42 Å². The van der Waals surface area contributed by atoms with Crippen LogP contribution < -0.4 is 5.32 Å². The van der Waals surface area contributed by atoms with Gasteiger partial charge in [0.05, 0.1) is 21.2 Å². The quantitative estimate of drug-likeness (QED) is 0.880. The van der Waals surface area contributed by atoms with Gasteiger partial charge in [0.1, 0.15) is 5.82 Å². The van der Waals surface area contributed by atoms with Crippen LogP contribution in [0.3, 0.4) is 0 Å². The number of aryl methyl sites for hydroxylation is 2. The first-order valence-electron chi connectivity index (χ1n) is 7.91. The molecular weight excluding hydrogens is 364 g/mol. The summed E-state index contributed by atoms with van der Waals surface area (Å²) < 4.78 is 28.3. The summed E-state index contributed by atoms with van der Waals surface area (Å²) in [5.74, 6) is 0.0258. The van der Waals surface area contributed by atoms with E-state index >= 15 is 0 Å². The van der Waals surface area contributed by atoms with Crippen molar-refractivity contribution in [1.82, 2.24) is 14.1 Å². The van der Waals surface area contributed by atoms with Crippen molar-refractivity contribution in [1.29, 1.82) is 0 Å². The van der Waals surface area contributed by atoms with E-state index in [9.17, 15) is 13.2 Å². The average Bonchev–Trinajstić information content (AvgIpc) is 3.18. The molecule has 25 heavy (non-hydrogen) atoms. The van der Waals surface area contributed by atoms with Crippen LogP contribution in [-0.2, 0) is 17.1 Å². The number of nitrogens with one attached hydrogen (secondary N) is 1. The van der Waals surface area contributed by atoms with Crippen LogP contribution in [0.1, 0.15) is 28.9 Å². The van der Waals surface area contributed by atoms with Crippen LogP contribution in [0.2, 0.25) is 5.02 Å². The number of hydrogen-bond acceptors (Lipinski definition) is 4. The molecule has 0 unspecified atom stereocenters. The predicted octanol–water partition coefficient (Wildman–Crippen LogP) is 2.42. The maximum absolute atomic E-state index is 12.7. The minimum atomic E-state index is -3.61. The molecule has 0 bridgehead atoms. The molecule has 0 aliphatic carbocycles. The van der Waals surface area contributed by atoms with Crippen LogP contribution in [0.4, 0.5) is 5.82 Å². The number of halogens is 1. The van der Waals surface area contributed by atoms with Crippen LogP contribution >= 0.6 is 11.6 Å². The van der Waals surface area contributed by atoms with Gasteiger partial charge in [0.25, 0.3) is 5.91 Å². The molecule has 1 aromatic heterocycles. The molecule has 1 amide bonds. The Morgan fingerprint density at radius 3 is 2.52 bits per heavy atom. The molecule has 1 saturated heterocycles. The zero-order valence-corrected chi connectivity index (χ0v) is 15.6. The molecule has 1 N–H and O–H groups in total. The smallest absolute Gasteiger partial charge is 0.258 e. The van der Waals surface area contributed by atoms with E-state index < -0.39 is 15.9 Å². The number of amides is 1. The number of carbonyl (C=O) groups excluding carboxylic acids is 1. The summed E-state index contributed by atoms with van der Waals surface area (Å²) in [6.07, 6.45) is 1.69. The van der Waals surface area contributed by atoms with Gasteiger partial charge in [-0.05, 0) is 38.0 Å². The zero-order valence-electron chi connectivity index (χ0n) is 14.0. The first-order valence-corrected chi connectivity index (χ1v) is 9.72. The van der Waals surface area contributed by atoms with E-state index in [1.54, 1.807) is 13.1 Å². The SMILES string of the molecule is Cc1cc(NC(=O)c2cc(S(=O)(=O)N3CCCC3)ccc2Cl)n(C)n1. The third-order valence-electron chi connectivity index (χ3n) is 4.13. The van der Waals surface area contributed by atoms with Gasteiger partial charge < -0.3 is 5.32 Å². The Kier molecular flexibility index (Phi) is 4.86. The minimum absolute atomic E-state index is 0.0742. The molecule has 7 nitrogen and oxygen atoms in total. The summed E-state index contributed by atoms with van der Waals surface area (Å²) in [6, 6.07) is 5.92. The minimum Gasteiger partial charge on any atom is -0.307 e. The lowest BCUT2D eigenvalue weighted by atomic mass is 10.2. The fourth-order valence-electron chi connectivity index (χ4n) is 2.83. The fraction of sp³-hybridized carbons (Fsp3) is 0.375. The van der Waals surface area contributed by atoms with Gasteiger partial charge >= 0.3 is 0 Å². The Morgan fingerprint density at radius 2 is 1.92 bits per heavy atom. The van der Waals surface area contributed by atoms with Crippen LogP contribution in [0.5, 0.6) is 0 Å². The maximum Gasteiger partial charge on any atom is 0.258 e. The van der Waals surface area contributed by atoms with Crippen molar-refractivity contribution in [3.05, 3.63) is 40.5 Å². The van der Waals surface area contributed by atoms with E-state index in [4.69, 9.17) is 11.6 Å². The fourth-order valence-corrected chi connectivity index (χ4v) is 4.57. The Bertz CT molecular complexity index is 917. The van der Waals surface area contributed by atoms with Gasteiger partial charge in [-0.1, -0.05) is 11.6 Å². The van der Waals surface area contributed by atoms with Crippen LogP contribution in [0.25, 0.3) is 0 Å². The van der Waals surface area contributed by atoms with Gasteiger partial charge in [0.15, 0.2) is 0 Å². The van der Waals surface area contributed by atoms with Gasteiger partial charge in [-0.3, -0.25) is 9.48 Å². The summed E-state index contributed by atoms with van der Waals surface area (Å²) in [7, 11) is -1.90. The largest absolute Gasteiger partial charge is 0.307 e. The second-order valence-corrected chi connectivity index (χ2v) is 8.35. The number of anilines is 1. The zero-order chi connectivity index (χ0) is 18.2. The van der Waals surface area contributed by atoms with Crippen molar-refractivity contribution in [2.75, 3.05) is 18.4 Å². The maximum atomic E-state index is 12.7. The van der Waals surface area contributed by atoms with Crippen molar-refractivity contribution >= 4 is 33.3 Å². The molecule has 134 valence electrons. The Morgan fingerprint density at radius 1 is 1.24 bits per heavy atom. The Balaban J connectivity index is 1.91. The third-order valence-corrected chi connectivity index (χ3v) is 6.35. The molecule has 1 aliphatic rings. The van der Waals surface area contributed by atoms with E-state index in [-0.39, 0.29) is 15.5 Å². The molecule has 0 atom stereocenters. The van der Waals surface area contributed by atoms with E-state index in [0.29, 0.717) is 18.9 Å². The first-order chi connectivity index (χ1) is 11.8. The number of nitrogens with zero attached hydrogens (tertiary/aromatic N) is 3. The van der Waals surface area contributed by atoms with E-state index in [1.165, 1.54) is 27.2 Å². The van der Waals surface area contributed by atoms with E-state index in [0.717, 1.165) is 18.5 Å². The van der Waals surface area contributed by atoms with Crippen LogP contribution in [0.15, 0.2) is 29.2 Å². The molecule has 1 fully saturated rings. The highest BCUT2D eigenvalue weighted by Gasteiger charge is 2.28. The van der Waals surface area contributed by atoms with Crippen molar-refractivity contribution in [3.63, 3.8) is 0 Å². The highest BCUT2D eigenvalue weighted by atomic mass is 35.5. The number of rotatable bonds is 4. The van der Waals surface area contributed by atoms with Crippen molar-refractivity contribution in [2.45, 2.75) is 24.7 Å². The number of aromatic nitrogens is 2. The lowest BCUT2D eigenvalue weighted by Gasteiger charge is -2.16. The first kappa shape index (κ1) is 17.9. The summed E-state index contributed by atoms with van der Waals surface area (Å²) in [4.78, 5) is 12.6. The van der Waals surface area contributed by atoms with Crippen LogP contribution in [0, 0.1) is 6.92 Å². The monoisotopic (exact) mass is 382 g/mol. The lowest BCUT2D eigenvalue weighted by molar-refractivity contribution is 0.102. The molecule has 3 rings (SSSR count). The number of hydrogen-bond donors (Lipinski definition) is 1. The molecule has 0 saturated carbocycles. The van der Waals surface area contributed by atoms with E-state index in [2.05, 4.69) is 10.4 Å². The summed E-state index contributed by atoms with van der Waals surface area (Å²) in [6.45, 7) is 2.81. The highest BCUT2D eigenvalue weighted by molar-refractivity contribution is 7.89. The number of sulfonamides is 1. The molecule has 9 heteroatoms. The molecule has 1 aromatic carbocycles. The summed E-state index contributed by atoms with van der Waals surface area (Å²) in [5.41, 5.74) is 0.870. The number of carbonyl (C=O) groups is 1. The van der Waals surface area contributed by atoms with E-state index in [1.807, 2.05) is 6.92 Å². The van der Waals surface area contributed by atoms with Gasteiger partial charge in [0.2, 0.25) is 10.0 Å². The van der Waals surface area contributed by atoms with Crippen molar-refractivity contribution < 1.29 is 13.2 Å². The molecule has 2 heterocycles. The molecule has 0 radical (unpaired) electrons. The van der Waals surface area contributed by atoms with Gasteiger partial charge in [-0.15, -0.1) is 0 Å². The molecule has 1 aliphatic heterocycles. The second kappa shape index (κ2) is 6.78. The normalized spacial score (nSPS) is 15.5. The third kappa shape index (κ3) is 3.56. The van der Waals surface area contributed by atoms with Gasteiger partial charge in [-0.2, -0.15) is 9.40 Å². The molecule has 2 aromatic rings. The average molecular weight is 383 g/mol. The Hall–Kier alpha value is -1.90. The van der Waals surface area contributed by atoms with Gasteiger partial charge in [0, 0.05) is 26.2 Å². The molecular formula is C16H19ClN4O3S. The topological polar surface area (TPSA) is 84.3 Å². The molecule has 0 spiro atoms. The van der Waals surface area contributed by atoms with Crippen molar-refractivity contribution in [3.8, 4) is 0 Å². The summed E-state index contributed by atoms with van der Waals surface area (Å²) in [5, 5.41) is 7.05. The van der Waals surface area contributed by atoms with Crippen LogP contribution in [-0.4, -0.2) is 41.5 Å².